The van der Waals surface area contributed by atoms with E-state index in [1.165, 1.54) is 0 Å². The summed E-state index contributed by atoms with van der Waals surface area (Å²) in [4.78, 5) is 25.5. The molecule has 1 aromatic carbocycles. The van der Waals surface area contributed by atoms with Crippen LogP contribution in [-0.4, -0.2) is 37.6 Å². The molecule has 0 aliphatic carbocycles. The second kappa shape index (κ2) is 6.25. The molecule has 0 saturated carbocycles. The quantitative estimate of drug-likeness (QED) is 0.915. The number of nitrogens with zero attached hydrogens (tertiary/aromatic N) is 1. The first kappa shape index (κ1) is 14.7. The average molecular weight is 304 g/mol. The zero-order chi connectivity index (χ0) is 15.5. The molecule has 22 heavy (non-hydrogen) atoms. The Balaban J connectivity index is 1.70. The molecule has 0 aromatic heterocycles. The smallest absolute Gasteiger partial charge is 0.229 e. The number of fused-ring (bicyclic) bond motifs is 1. The molecule has 1 fully saturated rings. The van der Waals surface area contributed by atoms with E-state index in [2.05, 4.69) is 5.32 Å². The summed E-state index contributed by atoms with van der Waals surface area (Å²) < 4.78 is 11.0. The molecule has 1 saturated heterocycles. The highest BCUT2D eigenvalue weighted by Gasteiger charge is 2.32. The van der Waals surface area contributed by atoms with Gasteiger partial charge in [-0.3, -0.25) is 9.59 Å². The number of carbonyl (C=O) groups is 2. The molecule has 2 heterocycles. The summed E-state index contributed by atoms with van der Waals surface area (Å²) in [5.74, 6) is 1.38. The Hall–Kier alpha value is -2.24. The predicted octanol–water partition coefficient (Wildman–Crippen LogP) is 1.48. The summed E-state index contributed by atoms with van der Waals surface area (Å²) in [6.45, 7) is 3.51. The summed E-state index contributed by atoms with van der Waals surface area (Å²) in [5.41, 5.74) is 0.779. The zero-order valence-electron chi connectivity index (χ0n) is 12.6. The van der Waals surface area contributed by atoms with Crippen LogP contribution in [0.25, 0.3) is 0 Å². The molecule has 0 bridgehead atoms. The van der Waals surface area contributed by atoms with E-state index >= 15 is 0 Å². The van der Waals surface area contributed by atoms with Crippen molar-refractivity contribution >= 4 is 17.5 Å². The van der Waals surface area contributed by atoms with Gasteiger partial charge in [0.2, 0.25) is 11.8 Å². The topological polar surface area (TPSA) is 67.9 Å². The van der Waals surface area contributed by atoms with E-state index in [9.17, 15) is 9.59 Å². The van der Waals surface area contributed by atoms with Crippen LogP contribution >= 0.6 is 0 Å². The van der Waals surface area contributed by atoms with E-state index in [1.54, 1.807) is 4.90 Å². The van der Waals surface area contributed by atoms with Crippen LogP contribution in [0.5, 0.6) is 11.5 Å². The molecule has 1 N–H and O–H groups in total. The maximum Gasteiger partial charge on any atom is 0.229 e. The van der Waals surface area contributed by atoms with Crippen LogP contribution in [0.3, 0.4) is 0 Å². The van der Waals surface area contributed by atoms with Gasteiger partial charge in [0, 0.05) is 31.1 Å². The van der Waals surface area contributed by atoms with E-state index in [1.807, 2.05) is 25.1 Å². The highest BCUT2D eigenvalue weighted by Crippen LogP contribution is 2.35. The molecule has 2 aliphatic rings. The van der Waals surface area contributed by atoms with E-state index in [-0.39, 0.29) is 17.9 Å². The fraction of sp³-hybridized carbons (Fsp3) is 0.500. The monoisotopic (exact) mass is 304 g/mol. The van der Waals surface area contributed by atoms with E-state index in [0.29, 0.717) is 44.1 Å². The molecular formula is C16H20N2O4. The number of benzene rings is 1. The number of hydrogen-bond donors (Lipinski definition) is 1. The fourth-order valence-corrected chi connectivity index (χ4v) is 2.78. The second-order valence-electron chi connectivity index (χ2n) is 5.55. The number of anilines is 1. The van der Waals surface area contributed by atoms with Gasteiger partial charge in [-0.25, -0.2) is 0 Å². The van der Waals surface area contributed by atoms with Crippen molar-refractivity contribution in [2.75, 3.05) is 24.7 Å². The van der Waals surface area contributed by atoms with Crippen LogP contribution < -0.4 is 19.7 Å². The van der Waals surface area contributed by atoms with Gasteiger partial charge in [0.1, 0.15) is 13.2 Å². The molecule has 6 nitrogen and oxygen atoms in total. The molecule has 2 amide bonds. The Morgan fingerprint density at radius 3 is 2.86 bits per heavy atom. The van der Waals surface area contributed by atoms with Crippen LogP contribution in [-0.2, 0) is 9.59 Å². The van der Waals surface area contributed by atoms with Crippen molar-refractivity contribution in [3.8, 4) is 11.5 Å². The van der Waals surface area contributed by atoms with Crippen molar-refractivity contribution in [1.82, 2.24) is 5.32 Å². The van der Waals surface area contributed by atoms with E-state index < -0.39 is 0 Å². The average Bonchev–Trinajstić information content (AvgIpc) is 2.87. The van der Waals surface area contributed by atoms with Gasteiger partial charge in [0.05, 0.1) is 6.04 Å². The first-order chi connectivity index (χ1) is 10.7. The molecule has 118 valence electrons. The molecule has 3 rings (SSSR count). The number of carbonyl (C=O) groups excluding carboxylic acids is 2. The molecule has 0 unspecified atom stereocenters. The Kier molecular flexibility index (Phi) is 4.18. The Bertz CT molecular complexity index is 588. The predicted molar refractivity (Wildman–Crippen MR) is 81.2 cm³/mol. The van der Waals surface area contributed by atoms with Gasteiger partial charge in [-0.05, 0) is 18.6 Å². The van der Waals surface area contributed by atoms with Crippen molar-refractivity contribution in [3.63, 3.8) is 0 Å². The van der Waals surface area contributed by atoms with Crippen LogP contribution in [0.2, 0.25) is 0 Å². The van der Waals surface area contributed by atoms with Crippen molar-refractivity contribution in [3.05, 3.63) is 18.2 Å². The minimum atomic E-state index is -0.125. The third-order valence-corrected chi connectivity index (χ3v) is 3.80. The summed E-state index contributed by atoms with van der Waals surface area (Å²) in [7, 11) is 0. The molecular weight excluding hydrogens is 284 g/mol. The Morgan fingerprint density at radius 2 is 2.09 bits per heavy atom. The number of amides is 2. The minimum absolute atomic E-state index is 0.00400. The fourth-order valence-electron chi connectivity index (χ4n) is 2.78. The van der Waals surface area contributed by atoms with Crippen LogP contribution in [0.1, 0.15) is 26.2 Å². The van der Waals surface area contributed by atoms with E-state index in [0.717, 1.165) is 12.1 Å². The SMILES string of the molecule is CCCC(=O)N[C@@H]1CC(=O)N(c2ccc3c(c2)OCCO3)C1. The molecule has 2 aliphatic heterocycles. The van der Waals surface area contributed by atoms with Crippen LogP contribution in [0, 0.1) is 0 Å². The van der Waals surface area contributed by atoms with Crippen molar-refractivity contribution < 1.29 is 19.1 Å². The molecule has 1 aromatic rings. The molecule has 0 spiro atoms. The Labute approximate surface area is 129 Å². The van der Waals surface area contributed by atoms with Crippen LogP contribution in [0.15, 0.2) is 18.2 Å². The lowest BCUT2D eigenvalue weighted by molar-refractivity contribution is -0.121. The summed E-state index contributed by atoms with van der Waals surface area (Å²) in [6, 6.07) is 5.37. The number of nitrogens with one attached hydrogen (secondary N) is 1. The largest absolute Gasteiger partial charge is 0.486 e. The lowest BCUT2D eigenvalue weighted by Gasteiger charge is -2.22. The number of hydrogen-bond acceptors (Lipinski definition) is 4. The molecule has 6 heteroatoms. The highest BCUT2D eigenvalue weighted by atomic mass is 16.6. The van der Waals surface area contributed by atoms with Gasteiger partial charge in [0.15, 0.2) is 11.5 Å². The molecule has 1 atom stereocenters. The number of rotatable bonds is 4. The lowest BCUT2D eigenvalue weighted by atomic mass is 10.2. The maximum absolute atomic E-state index is 12.2. The maximum atomic E-state index is 12.2. The second-order valence-corrected chi connectivity index (χ2v) is 5.55. The highest BCUT2D eigenvalue weighted by molar-refractivity contribution is 5.97. The van der Waals surface area contributed by atoms with Gasteiger partial charge in [0.25, 0.3) is 0 Å². The first-order valence-electron chi connectivity index (χ1n) is 7.66. The first-order valence-corrected chi connectivity index (χ1v) is 7.66. The molecule has 0 radical (unpaired) electrons. The summed E-state index contributed by atoms with van der Waals surface area (Å²) >= 11 is 0. The minimum Gasteiger partial charge on any atom is -0.486 e. The third kappa shape index (κ3) is 3.00. The van der Waals surface area contributed by atoms with Crippen molar-refractivity contribution in [1.29, 1.82) is 0 Å². The van der Waals surface area contributed by atoms with Gasteiger partial charge in [-0.2, -0.15) is 0 Å². The van der Waals surface area contributed by atoms with Gasteiger partial charge in [-0.1, -0.05) is 6.92 Å². The van der Waals surface area contributed by atoms with Crippen LogP contribution in [0.4, 0.5) is 5.69 Å². The Morgan fingerprint density at radius 1 is 1.32 bits per heavy atom. The van der Waals surface area contributed by atoms with Crippen molar-refractivity contribution in [2.24, 2.45) is 0 Å². The van der Waals surface area contributed by atoms with Gasteiger partial charge >= 0.3 is 0 Å². The van der Waals surface area contributed by atoms with Gasteiger partial charge < -0.3 is 19.7 Å². The lowest BCUT2D eigenvalue weighted by Crippen LogP contribution is -2.37. The van der Waals surface area contributed by atoms with Gasteiger partial charge in [-0.15, -0.1) is 0 Å². The zero-order valence-corrected chi connectivity index (χ0v) is 12.6. The van der Waals surface area contributed by atoms with E-state index in [4.69, 9.17) is 9.47 Å². The van der Waals surface area contributed by atoms with Crippen molar-refractivity contribution in [2.45, 2.75) is 32.2 Å². The normalized spacial score (nSPS) is 20.1. The summed E-state index contributed by atoms with van der Waals surface area (Å²) in [5, 5.41) is 2.91. The standard InChI is InChI=1S/C16H20N2O4/c1-2-3-15(19)17-11-8-16(20)18(10-11)12-4-5-13-14(9-12)22-7-6-21-13/h4-5,9,11H,2-3,6-8,10H2,1H3,(H,17,19)/t11-/m1/s1. The summed E-state index contributed by atoms with van der Waals surface area (Å²) in [6.07, 6.45) is 1.64. The number of ether oxygens (including phenoxy) is 2. The third-order valence-electron chi connectivity index (χ3n) is 3.80.